The summed E-state index contributed by atoms with van der Waals surface area (Å²) in [7, 11) is 0. The van der Waals surface area contributed by atoms with Gasteiger partial charge in [0.2, 0.25) is 0 Å². The number of ether oxygens (including phenoxy) is 2. The molecular weight excluding hydrogens is 216 g/mol. The van der Waals surface area contributed by atoms with Gasteiger partial charge in [-0.25, -0.2) is 0 Å². The standard InChI is InChI=1S/C14H24O3/c15-12-9-13(17-11-5-8-16-10-11)14(12)6-3-1-2-4-7-14/h11-13,15H,1-10H2. The lowest BCUT2D eigenvalue weighted by molar-refractivity contribution is -0.215. The maximum absolute atomic E-state index is 10.2. The molecule has 98 valence electrons. The van der Waals surface area contributed by atoms with Gasteiger partial charge in [0.05, 0.1) is 24.9 Å². The second-order valence-corrected chi connectivity index (χ2v) is 6.01. The zero-order chi connectivity index (χ0) is 11.7. The first-order valence-electron chi connectivity index (χ1n) is 7.22. The first-order valence-corrected chi connectivity index (χ1v) is 7.22. The maximum atomic E-state index is 10.2. The molecule has 2 aliphatic carbocycles. The molecule has 17 heavy (non-hydrogen) atoms. The molecule has 0 radical (unpaired) electrons. The smallest absolute Gasteiger partial charge is 0.0834 e. The molecular formula is C14H24O3. The van der Waals surface area contributed by atoms with Crippen LogP contribution in [0.15, 0.2) is 0 Å². The predicted molar refractivity (Wildman–Crippen MR) is 64.9 cm³/mol. The van der Waals surface area contributed by atoms with Gasteiger partial charge in [-0.15, -0.1) is 0 Å². The summed E-state index contributed by atoms with van der Waals surface area (Å²) in [6.45, 7) is 1.59. The molecule has 2 saturated carbocycles. The summed E-state index contributed by atoms with van der Waals surface area (Å²) < 4.78 is 11.5. The van der Waals surface area contributed by atoms with Crippen molar-refractivity contribution in [1.29, 1.82) is 0 Å². The molecule has 1 saturated heterocycles. The molecule has 1 N–H and O–H groups in total. The van der Waals surface area contributed by atoms with Crippen molar-refractivity contribution >= 4 is 0 Å². The van der Waals surface area contributed by atoms with Crippen LogP contribution in [0.2, 0.25) is 0 Å². The van der Waals surface area contributed by atoms with Crippen LogP contribution in [0.4, 0.5) is 0 Å². The quantitative estimate of drug-likeness (QED) is 0.804. The molecule has 0 aromatic heterocycles. The minimum Gasteiger partial charge on any atom is -0.392 e. The molecule has 3 unspecified atom stereocenters. The molecule has 1 aliphatic heterocycles. The third-order valence-electron chi connectivity index (χ3n) is 5.02. The van der Waals surface area contributed by atoms with Gasteiger partial charge in [0, 0.05) is 18.4 Å². The fourth-order valence-electron chi connectivity index (χ4n) is 3.81. The predicted octanol–water partition coefficient (Wildman–Crippen LogP) is 2.27. The molecule has 3 heteroatoms. The number of aliphatic hydroxyl groups excluding tert-OH is 1. The van der Waals surface area contributed by atoms with E-state index in [2.05, 4.69) is 0 Å². The molecule has 0 aromatic carbocycles. The average molecular weight is 240 g/mol. The monoisotopic (exact) mass is 240 g/mol. The van der Waals surface area contributed by atoms with Crippen molar-refractivity contribution < 1.29 is 14.6 Å². The van der Waals surface area contributed by atoms with Crippen molar-refractivity contribution in [2.24, 2.45) is 5.41 Å². The lowest BCUT2D eigenvalue weighted by atomic mass is 9.59. The number of hydrogen-bond donors (Lipinski definition) is 1. The topological polar surface area (TPSA) is 38.7 Å². The van der Waals surface area contributed by atoms with E-state index in [0.29, 0.717) is 6.10 Å². The van der Waals surface area contributed by atoms with Gasteiger partial charge in [0.1, 0.15) is 0 Å². The Hall–Kier alpha value is -0.120. The molecule has 1 heterocycles. The van der Waals surface area contributed by atoms with Crippen molar-refractivity contribution in [3.8, 4) is 0 Å². The largest absolute Gasteiger partial charge is 0.392 e. The van der Waals surface area contributed by atoms with Crippen LogP contribution in [0.5, 0.6) is 0 Å². The van der Waals surface area contributed by atoms with Crippen molar-refractivity contribution in [1.82, 2.24) is 0 Å². The van der Waals surface area contributed by atoms with Gasteiger partial charge in [-0.3, -0.25) is 0 Å². The van der Waals surface area contributed by atoms with E-state index in [1.165, 1.54) is 25.7 Å². The van der Waals surface area contributed by atoms with E-state index in [0.717, 1.165) is 38.9 Å². The molecule has 3 aliphatic rings. The highest BCUT2D eigenvalue weighted by atomic mass is 16.6. The van der Waals surface area contributed by atoms with Gasteiger partial charge in [0.15, 0.2) is 0 Å². The van der Waals surface area contributed by atoms with E-state index in [1.54, 1.807) is 0 Å². The summed E-state index contributed by atoms with van der Waals surface area (Å²) in [5.74, 6) is 0. The van der Waals surface area contributed by atoms with Gasteiger partial charge >= 0.3 is 0 Å². The van der Waals surface area contributed by atoms with Gasteiger partial charge in [-0.05, 0) is 19.3 Å². The number of hydrogen-bond acceptors (Lipinski definition) is 3. The summed E-state index contributed by atoms with van der Waals surface area (Å²) in [5.41, 5.74) is 0.0963. The van der Waals surface area contributed by atoms with Crippen LogP contribution < -0.4 is 0 Å². The maximum Gasteiger partial charge on any atom is 0.0834 e. The Morgan fingerprint density at radius 2 is 1.88 bits per heavy atom. The second-order valence-electron chi connectivity index (χ2n) is 6.01. The van der Waals surface area contributed by atoms with E-state index in [-0.39, 0.29) is 17.6 Å². The van der Waals surface area contributed by atoms with E-state index >= 15 is 0 Å². The molecule has 1 spiro atoms. The molecule has 0 bridgehead atoms. The zero-order valence-corrected chi connectivity index (χ0v) is 10.6. The summed E-state index contributed by atoms with van der Waals surface area (Å²) in [6, 6.07) is 0. The van der Waals surface area contributed by atoms with Gasteiger partial charge in [0.25, 0.3) is 0 Å². The lowest BCUT2D eigenvalue weighted by Crippen LogP contribution is -2.58. The second kappa shape index (κ2) is 4.87. The van der Waals surface area contributed by atoms with Gasteiger partial charge < -0.3 is 14.6 Å². The lowest BCUT2D eigenvalue weighted by Gasteiger charge is -2.54. The normalized spacial score (nSPS) is 41.1. The van der Waals surface area contributed by atoms with Crippen LogP contribution in [-0.2, 0) is 9.47 Å². The van der Waals surface area contributed by atoms with Gasteiger partial charge in [-0.2, -0.15) is 0 Å². The summed E-state index contributed by atoms with van der Waals surface area (Å²) in [5, 5.41) is 10.2. The Bertz CT molecular complexity index is 252. The zero-order valence-electron chi connectivity index (χ0n) is 10.6. The first kappa shape index (κ1) is 11.9. The summed E-state index contributed by atoms with van der Waals surface area (Å²) in [4.78, 5) is 0. The summed E-state index contributed by atoms with van der Waals surface area (Å²) >= 11 is 0. The van der Waals surface area contributed by atoms with Crippen LogP contribution in [0.3, 0.4) is 0 Å². The molecule has 3 nitrogen and oxygen atoms in total. The molecule has 3 rings (SSSR count). The van der Waals surface area contributed by atoms with Crippen molar-refractivity contribution in [3.63, 3.8) is 0 Å². The molecule has 3 fully saturated rings. The first-order chi connectivity index (χ1) is 8.31. The van der Waals surface area contributed by atoms with E-state index in [1.807, 2.05) is 0 Å². The van der Waals surface area contributed by atoms with E-state index in [4.69, 9.17) is 9.47 Å². The number of rotatable bonds is 2. The summed E-state index contributed by atoms with van der Waals surface area (Å²) in [6.07, 6.45) is 9.83. The third-order valence-corrected chi connectivity index (χ3v) is 5.02. The Morgan fingerprint density at radius 1 is 1.12 bits per heavy atom. The van der Waals surface area contributed by atoms with Crippen LogP contribution in [0.1, 0.15) is 51.4 Å². The van der Waals surface area contributed by atoms with Crippen LogP contribution >= 0.6 is 0 Å². The fraction of sp³-hybridized carbons (Fsp3) is 1.00. The van der Waals surface area contributed by atoms with Crippen LogP contribution in [-0.4, -0.2) is 36.6 Å². The molecule has 0 aromatic rings. The minimum absolute atomic E-state index is 0.0963. The van der Waals surface area contributed by atoms with E-state index in [9.17, 15) is 5.11 Å². The molecule has 3 atom stereocenters. The highest BCUT2D eigenvalue weighted by molar-refractivity contribution is 5.05. The van der Waals surface area contributed by atoms with E-state index < -0.39 is 0 Å². The minimum atomic E-state index is -0.118. The highest BCUT2D eigenvalue weighted by Crippen LogP contribution is 2.52. The average Bonchev–Trinajstić information content (AvgIpc) is 2.70. The SMILES string of the molecule is OC1CC(OC2CCOC2)C12CCCCCC2. The number of aliphatic hydroxyl groups is 1. The molecule has 0 amide bonds. The van der Waals surface area contributed by atoms with Crippen LogP contribution in [0.25, 0.3) is 0 Å². The van der Waals surface area contributed by atoms with Gasteiger partial charge in [-0.1, -0.05) is 25.7 Å². The Kier molecular flexibility index (Phi) is 3.42. The van der Waals surface area contributed by atoms with Crippen molar-refractivity contribution in [3.05, 3.63) is 0 Å². The Balaban J connectivity index is 1.63. The Morgan fingerprint density at radius 3 is 2.47 bits per heavy atom. The van der Waals surface area contributed by atoms with Crippen LogP contribution in [0, 0.1) is 5.41 Å². The van der Waals surface area contributed by atoms with Crippen molar-refractivity contribution in [2.45, 2.75) is 69.7 Å². The fourth-order valence-corrected chi connectivity index (χ4v) is 3.81. The van der Waals surface area contributed by atoms with Crippen molar-refractivity contribution in [2.75, 3.05) is 13.2 Å². The highest BCUT2D eigenvalue weighted by Gasteiger charge is 2.55. The third kappa shape index (κ3) is 2.13. The Labute approximate surface area is 103 Å².